The zero-order valence-electron chi connectivity index (χ0n) is 18.1. The second-order valence-corrected chi connectivity index (χ2v) is 15.5. The van der Waals surface area contributed by atoms with Crippen molar-refractivity contribution in [2.75, 3.05) is 7.11 Å². The van der Waals surface area contributed by atoms with Crippen molar-refractivity contribution in [1.82, 2.24) is 0 Å². The number of hydrogen-bond donors (Lipinski definition) is 0. The summed E-state index contributed by atoms with van der Waals surface area (Å²) in [5, 5.41) is 0. The molecule has 0 bridgehead atoms. The highest BCUT2D eigenvalue weighted by Crippen LogP contribution is 2.48. The van der Waals surface area contributed by atoms with E-state index in [-0.39, 0.29) is 12.4 Å². The average Bonchev–Trinajstić information content (AvgIpc) is 3.62. The highest BCUT2D eigenvalue weighted by molar-refractivity contribution is 9.11. The molecule has 5 aromatic rings. The third kappa shape index (κ3) is 5.07. The Balaban J connectivity index is 1.54. The number of carbonyl (C=O) groups is 1. The molecule has 0 amide bonds. The lowest BCUT2D eigenvalue weighted by Crippen LogP contribution is -2.04. The van der Waals surface area contributed by atoms with Crippen LogP contribution in [0.25, 0.3) is 39.0 Å². The van der Waals surface area contributed by atoms with Crippen LogP contribution in [-0.4, -0.2) is 13.1 Å². The monoisotopic (exact) mass is 668 g/mol. The van der Waals surface area contributed by atoms with Crippen LogP contribution >= 0.6 is 88.5 Å². The molecule has 0 aliphatic rings. The van der Waals surface area contributed by atoms with Gasteiger partial charge in [0.05, 0.1) is 21.1 Å². The maximum Gasteiger partial charge on any atom is 0.310 e. The Bertz CT molecular complexity index is 1470. The quantitative estimate of drug-likeness (QED) is 0.161. The van der Waals surface area contributed by atoms with Crippen LogP contribution < -0.4 is 0 Å². The Kier molecular flexibility index (Phi) is 7.60. The van der Waals surface area contributed by atoms with Crippen molar-refractivity contribution < 1.29 is 9.53 Å². The highest BCUT2D eigenvalue weighted by atomic mass is 79.9. The van der Waals surface area contributed by atoms with Gasteiger partial charge >= 0.3 is 5.97 Å². The van der Waals surface area contributed by atoms with E-state index in [1.165, 1.54) is 46.8 Å². The molecule has 0 unspecified atom stereocenters. The van der Waals surface area contributed by atoms with Gasteiger partial charge in [0.1, 0.15) is 0 Å². The summed E-state index contributed by atoms with van der Waals surface area (Å²) in [6, 6.07) is 17.4. The molecule has 0 fully saturated rings. The number of rotatable bonds is 7. The largest absolute Gasteiger partial charge is 0.469 e. The molecule has 5 heterocycles. The maximum absolute atomic E-state index is 12.1. The number of carbonyl (C=O) groups excluding carboxylic acids is 1. The lowest BCUT2D eigenvalue weighted by atomic mass is 10.1. The fourth-order valence-corrected chi connectivity index (χ4v) is 10.3. The Morgan fingerprint density at radius 2 is 1.21 bits per heavy atom. The predicted molar refractivity (Wildman–Crippen MR) is 158 cm³/mol. The molecule has 9 heteroatoms. The molecule has 0 aromatic carbocycles. The van der Waals surface area contributed by atoms with E-state index in [0.717, 1.165) is 24.4 Å². The smallest absolute Gasteiger partial charge is 0.310 e. The molecule has 0 atom stereocenters. The van der Waals surface area contributed by atoms with Gasteiger partial charge in [-0.05, 0) is 97.9 Å². The van der Waals surface area contributed by atoms with Crippen molar-refractivity contribution in [3.63, 3.8) is 0 Å². The minimum Gasteiger partial charge on any atom is -0.469 e. The van der Waals surface area contributed by atoms with E-state index in [1.54, 1.807) is 45.3 Å². The van der Waals surface area contributed by atoms with Gasteiger partial charge in [-0.2, -0.15) is 0 Å². The van der Waals surface area contributed by atoms with E-state index in [4.69, 9.17) is 4.74 Å². The molecule has 34 heavy (non-hydrogen) atoms. The van der Waals surface area contributed by atoms with E-state index >= 15 is 0 Å². The van der Waals surface area contributed by atoms with Crippen LogP contribution in [0.15, 0.2) is 56.1 Å². The number of ether oxygens (including phenoxy) is 1. The molecular formula is C25H18Br2O2S5. The number of halogens is 2. The van der Waals surface area contributed by atoms with Gasteiger partial charge < -0.3 is 4.74 Å². The second kappa shape index (κ2) is 10.5. The van der Waals surface area contributed by atoms with Crippen molar-refractivity contribution in [1.29, 1.82) is 0 Å². The number of methoxy groups -OCH3 is 1. The Morgan fingerprint density at radius 3 is 1.68 bits per heavy atom. The van der Waals surface area contributed by atoms with Crippen LogP contribution in [0.1, 0.15) is 18.1 Å². The molecule has 174 valence electrons. The van der Waals surface area contributed by atoms with E-state index in [9.17, 15) is 4.79 Å². The minimum absolute atomic E-state index is 0.215. The average molecular weight is 671 g/mol. The van der Waals surface area contributed by atoms with Crippen molar-refractivity contribution in [3.8, 4) is 39.0 Å². The number of aryl methyl sites for hydroxylation is 1. The summed E-state index contributed by atoms with van der Waals surface area (Å²) in [5.41, 5.74) is 2.40. The maximum atomic E-state index is 12.1. The lowest BCUT2D eigenvalue weighted by molar-refractivity contribution is -0.139. The first-order valence-corrected chi connectivity index (χ1v) is 16.1. The summed E-state index contributed by atoms with van der Waals surface area (Å²) in [6.07, 6.45) is 1.27. The molecule has 0 aliphatic carbocycles. The summed E-state index contributed by atoms with van der Waals surface area (Å²) in [5.74, 6) is -0.215. The van der Waals surface area contributed by atoms with E-state index < -0.39 is 0 Å². The fourth-order valence-electron chi connectivity index (χ4n) is 3.61. The standard InChI is InChI=1S/C25H18Br2O2S5/c1-3-13-10-19(15-6-8-21(26)31-15)33-24(13)17-4-5-18(30-17)25-14(12-23(28)29-2)11-20(34-25)16-7-9-22(27)32-16/h4-11H,3,12H2,1-2H3. The first-order chi connectivity index (χ1) is 16.4. The zero-order chi connectivity index (χ0) is 23.8. The van der Waals surface area contributed by atoms with Crippen LogP contribution in [0.4, 0.5) is 0 Å². The number of hydrogen-bond acceptors (Lipinski definition) is 7. The molecule has 2 nitrogen and oxygen atoms in total. The number of esters is 1. The van der Waals surface area contributed by atoms with Crippen molar-refractivity contribution in [2.24, 2.45) is 0 Å². The fraction of sp³-hybridized carbons (Fsp3) is 0.160. The second-order valence-electron chi connectivity index (χ2n) is 7.41. The first kappa shape index (κ1) is 24.6. The molecule has 0 spiro atoms. The van der Waals surface area contributed by atoms with Gasteiger partial charge in [0.2, 0.25) is 0 Å². The van der Waals surface area contributed by atoms with E-state index in [0.29, 0.717) is 0 Å². The summed E-state index contributed by atoms with van der Waals surface area (Å²) >= 11 is 16.0. The Labute approximate surface area is 235 Å². The third-order valence-electron chi connectivity index (χ3n) is 5.25. The lowest BCUT2D eigenvalue weighted by Gasteiger charge is -2.01. The Morgan fingerprint density at radius 1 is 0.706 bits per heavy atom. The molecular weight excluding hydrogens is 652 g/mol. The predicted octanol–water partition coefficient (Wildman–Crippen LogP) is 10.5. The van der Waals surface area contributed by atoms with Crippen molar-refractivity contribution in [3.05, 3.63) is 67.2 Å². The molecule has 0 radical (unpaired) electrons. The third-order valence-corrected chi connectivity index (χ3v) is 12.7. The molecule has 0 aliphatic heterocycles. The summed E-state index contributed by atoms with van der Waals surface area (Å²) < 4.78 is 7.23. The van der Waals surface area contributed by atoms with Gasteiger partial charge in [-0.15, -0.1) is 56.7 Å². The van der Waals surface area contributed by atoms with Gasteiger partial charge in [-0.3, -0.25) is 4.79 Å². The molecule has 0 saturated carbocycles. The SMILES string of the molecule is CCc1cc(-c2ccc(Br)s2)sc1-c1ccc(-c2sc(-c3ccc(Br)s3)cc2CC(=O)OC)s1. The van der Waals surface area contributed by atoms with Gasteiger partial charge in [-0.1, -0.05) is 6.92 Å². The van der Waals surface area contributed by atoms with Crippen LogP contribution in [-0.2, 0) is 22.4 Å². The van der Waals surface area contributed by atoms with Crippen LogP contribution in [0.3, 0.4) is 0 Å². The van der Waals surface area contributed by atoms with Gasteiger partial charge in [0.25, 0.3) is 0 Å². The molecule has 5 aromatic heterocycles. The minimum atomic E-state index is -0.215. The molecule has 0 N–H and O–H groups in total. The summed E-state index contributed by atoms with van der Waals surface area (Å²) in [4.78, 5) is 22.1. The van der Waals surface area contributed by atoms with Crippen molar-refractivity contribution in [2.45, 2.75) is 19.8 Å². The first-order valence-electron chi connectivity index (χ1n) is 10.4. The molecule has 5 rings (SSSR count). The molecule has 0 saturated heterocycles. The van der Waals surface area contributed by atoms with Gasteiger partial charge in [0, 0.05) is 39.0 Å². The van der Waals surface area contributed by atoms with Gasteiger partial charge in [-0.25, -0.2) is 0 Å². The van der Waals surface area contributed by atoms with Crippen LogP contribution in [0, 0.1) is 0 Å². The summed E-state index contributed by atoms with van der Waals surface area (Å²) in [6.45, 7) is 2.22. The normalized spacial score (nSPS) is 11.3. The number of thiophene rings is 5. The summed E-state index contributed by atoms with van der Waals surface area (Å²) in [7, 11) is 1.45. The topological polar surface area (TPSA) is 26.3 Å². The highest BCUT2D eigenvalue weighted by Gasteiger charge is 2.20. The van der Waals surface area contributed by atoms with Gasteiger partial charge in [0.15, 0.2) is 0 Å². The van der Waals surface area contributed by atoms with Crippen LogP contribution in [0.5, 0.6) is 0 Å². The van der Waals surface area contributed by atoms with Crippen LogP contribution in [0.2, 0.25) is 0 Å². The van der Waals surface area contributed by atoms with Crippen molar-refractivity contribution >= 4 is 94.5 Å². The zero-order valence-corrected chi connectivity index (χ0v) is 25.4. The van der Waals surface area contributed by atoms with E-state index in [2.05, 4.69) is 87.3 Å². The van der Waals surface area contributed by atoms with E-state index in [1.807, 2.05) is 11.3 Å². The Hall–Kier alpha value is -1.07.